The summed E-state index contributed by atoms with van der Waals surface area (Å²) < 4.78 is 5.09. The van der Waals surface area contributed by atoms with E-state index in [1.807, 2.05) is 18.9 Å². The van der Waals surface area contributed by atoms with E-state index in [2.05, 4.69) is 5.32 Å². The van der Waals surface area contributed by atoms with Crippen LogP contribution in [0.15, 0.2) is 0 Å². The van der Waals surface area contributed by atoms with Gasteiger partial charge in [0.15, 0.2) is 0 Å². The average molecular weight is 226 g/mol. The molecule has 2 aliphatic heterocycles. The number of rotatable bonds is 4. The van der Waals surface area contributed by atoms with Crippen molar-refractivity contribution in [2.75, 3.05) is 20.8 Å². The van der Waals surface area contributed by atoms with Crippen molar-refractivity contribution in [1.29, 1.82) is 0 Å². The molecule has 2 aliphatic rings. The number of nitrogens with zero attached hydrogens (tertiary/aromatic N) is 1. The van der Waals surface area contributed by atoms with E-state index < -0.39 is 0 Å². The molecule has 0 aromatic heterocycles. The SMILES string of the molecule is COCC(C)N(C)C(=O)C1CC2CCC1N2. The summed E-state index contributed by atoms with van der Waals surface area (Å²) in [7, 11) is 3.56. The minimum absolute atomic E-state index is 0.164. The molecule has 0 spiro atoms. The summed E-state index contributed by atoms with van der Waals surface area (Å²) in [5.41, 5.74) is 0. The predicted octanol–water partition coefficient (Wildman–Crippen LogP) is 0.620. The summed E-state index contributed by atoms with van der Waals surface area (Å²) in [5.74, 6) is 0.479. The molecule has 4 unspecified atom stereocenters. The van der Waals surface area contributed by atoms with Gasteiger partial charge in [-0.05, 0) is 26.2 Å². The van der Waals surface area contributed by atoms with Crippen molar-refractivity contribution in [3.05, 3.63) is 0 Å². The Labute approximate surface area is 97.3 Å². The van der Waals surface area contributed by atoms with Gasteiger partial charge in [0.25, 0.3) is 0 Å². The molecule has 2 heterocycles. The lowest BCUT2D eigenvalue weighted by Crippen LogP contribution is -2.44. The predicted molar refractivity (Wildman–Crippen MR) is 62.2 cm³/mol. The molecule has 1 N–H and O–H groups in total. The third-order valence-corrected chi connectivity index (χ3v) is 4.03. The number of ether oxygens (including phenoxy) is 1. The Morgan fingerprint density at radius 2 is 2.31 bits per heavy atom. The first-order valence-electron chi connectivity index (χ1n) is 6.15. The number of carbonyl (C=O) groups is 1. The topological polar surface area (TPSA) is 41.6 Å². The van der Waals surface area contributed by atoms with Crippen LogP contribution in [0.1, 0.15) is 26.2 Å². The van der Waals surface area contributed by atoms with Crippen molar-refractivity contribution >= 4 is 5.91 Å². The number of carbonyl (C=O) groups excluding carboxylic acids is 1. The van der Waals surface area contributed by atoms with Crippen molar-refractivity contribution in [3.63, 3.8) is 0 Å². The van der Waals surface area contributed by atoms with Crippen LogP contribution in [-0.2, 0) is 9.53 Å². The van der Waals surface area contributed by atoms with E-state index in [4.69, 9.17) is 4.74 Å². The Morgan fingerprint density at radius 1 is 1.56 bits per heavy atom. The lowest BCUT2D eigenvalue weighted by atomic mass is 9.88. The van der Waals surface area contributed by atoms with Crippen LogP contribution in [0.4, 0.5) is 0 Å². The van der Waals surface area contributed by atoms with Crippen LogP contribution >= 0.6 is 0 Å². The van der Waals surface area contributed by atoms with Gasteiger partial charge in [0, 0.05) is 26.2 Å². The van der Waals surface area contributed by atoms with Crippen molar-refractivity contribution in [3.8, 4) is 0 Å². The maximum atomic E-state index is 12.3. The smallest absolute Gasteiger partial charge is 0.227 e. The van der Waals surface area contributed by atoms with E-state index >= 15 is 0 Å². The standard InChI is InChI=1S/C12H22N2O2/c1-8(7-16-3)14(2)12(15)10-6-9-4-5-11(10)13-9/h8-11,13H,4-7H2,1-3H3. The van der Waals surface area contributed by atoms with Crippen LogP contribution in [0.25, 0.3) is 0 Å². The highest BCUT2D eigenvalue weighted by atomic mass is 16.5. The summed E-state index contributed by atoms with van der Waals surface area (Å²) >= 11 is 0. The second kappa shape index (κ2) is 4.72. The van der Waals surface area contributed by atoms with Gasteiger partial charge in [-0.3, -0.25) is 4.79 Å². The van der Waals surface area contributed by atoms with E-state index in [1.165, 1.54) is 6.42 Å². The third kappa shape index (κ3) is 2.09. The Balaban J connectivity index is 1.92. The second-order valence-corrected chi connectivity index (χ2v) is 5.14. The van der Waals surface area contributed by atoms with Crippen LogP contribution in [-0.4, -0.2) is 49.7 Å². The molecule has 0 aromatic carbocycles. The summed E-state index contributed by atoms with van der Waals surface area (Å²) in [4.78, 5) is 14.1. The molecule has 2 fully saturated rings. The molecule has 0 aliphatic carbocycles. The van der Waals surface area contributed by atoms with Gasteiger partial charge in [-0.1, -0.05) is 0 Å². The fourth-order valence-electron chi connectivity index (χ4n) is 2.93. The van der Waals surface area contributed by atoms with Gasteiger partial charge >= 0.3 is 0 Å². The van der Waals surface area contributed by atoms with E-state index in [9.17, 15) is 4.79 Å². The average Bonchev–Trinajstić information content (AvgIpc) is 2.89. The Morgan fingerprint density at radius 3 is 2.81 bits per heavy atom. The lowest BCUT2D eigenvalue weighted by Gasteiger charge is -2.29. The lowest BCUT2D eigenvalue weighted by molar-refractivity contribution is -0.137. The van der Waals surface area contributed by atoms with Gasteiger partial charge < -0.3 is 15.0 Å². The first-order chi connectivity index (χ1) is 7.63. The van der Waals surface area contributed by atoms with E-state index in [1.54, 1.807) is 7.11 Å². The summed E-state index contributed by atoms with van der Waals surface area (Å²) in [5, 5.41) is 3.51. The molecule has 4 atom stereocenters. The van der Waals surface area contributed by atoms with Gasteiger partial charge in [0.2, 0.25) is 5.91 Å². The third-order valence-electron chi connectivity index (χ3n) is 4.03. The minimum Gasteiger partial charge on any atom is -0.383 e. The monoisotopic (exact) mass is 226 g/mol. The summed E-state index contributed by atoms with van der Waals surface area (Å²) in [6.45, 7) is 2.64. The van der Waals surface area contributed by atoms with Crippen LogP contribution in [0, 0.1) is 5.92 Å². The van der Waals surface area contributed by atoms with Crippen LogP contribution in [0.3, 0.4) is 0 Å². The molecule has 4 heteroatoms. The zero-order valence-corrected chi connectivity index (χ0v) is 10.4. The number of hydrogen-bond acceptors (Lipinski definition) is 3. The minimum atomic E-state index is 0.164. The zero-order chi connectivity index (χ0) is 11.7. The molecule has 1 amide bonds. The van der Waals surface area contributed by atoms with Gasteiger partial charge in [-0.25, -0.2) is 0 Å². The normalized spacial score (nSPS) is 34.1. The van der Waals surface area contributed by atoms with Crippen molar-refractivity contribution < 1.29 is 9.53 Å². The van der Waals surface area contributed by atoms with E-state index in [-0.39, 0.29) is 17.9 Å². The van der Waals surface area contributed by atoms with Crippen LogP contribution < -0.4 is 5.32 Å². The maximum Gasteiger partial charge on any atom is 0.227 e. The molecule has 0 saturated carbocycles. The number of hydrogen-bond donors (Lipinski definition) is 1. The molecular formula is C12H22N2O2. The van der Waals surface area contributed by atoms with Gasteiger partial charge in [-0.15, -0.1) is 0 Å². The van der Waals surface area contributed by atoms with E-state index in [0.29, 0.717) is 18.7 Å². The molecule has 2 bridgehead atoms. The zero-order valence-electron chi connectivity index (χ0n) is 10.4. The molecule has 0 radical (unpaired) electrons. The number of nitrogens with one attached hydrogen (secondary N) is 1. The molecule has 16 heavy (non-hydrogen) atoms. The van der Waals surface area contributed by atoms with Gasteiger partial charge in [-0.2, -0.15) is 0 Å². The fraction of sp³-hybridized carbons (Fsp3) is 0.917. The molecule has 92 valence electrons. The first kappa shape index (κ1) is 11.9. The maximum absolute atomic E-state index is 12.3. The fourth-order valence-corrected chi connectivity index (χ4v) is 2.93. The van der Waals surface area contributed by atoms with Crippen LogP contribution in [0.5, 0.6) is 0 Å². The first-order valence-corrected chi connectivity index (χ1v) is 6.15. The highest BCUT2D eigenvalue weighted by Gasteiger charge is 2.44. The van der Waals surface area contributed by atoms with E-state index in [0.717, 1.165) is 12.8 Å². The number of methoxy groups -OCH3 is 1. The van der Waals surface area contributed by atoms with Gasteiger partial charge in [0.1, 0.15) is 0 Å². The molecule has 2 saturated heterocycles. The van der Waals surface area contributed by atoms with Crippen LogP contribution in [0.2, 0.25) is 0 Å². The molecule has 4 nitrogen and oxygen atoms in total. The second-order valence-electron chi connectivity index (χ2n) is 5.14. The summed E-state index contributed by atoms with van der Waals surface area (Å²) in [6, 6.07) is 1.18. The Bertz CT molecular complexity index is 270. The number of amides is 1. The molecule has 2 rings (SSSR count). The largest absolute Gasteiger partial charge is 0.383 e. The quantitative estimate of drug-likeness (QED) is 0.764. The van der Waals surface area contributed by atoms with Crippen molar-refractivity contribution in [1.82, 2.24) is 10.2 Å². The highest BCUT2D eigenvalue weighted by Crippen LogP contribution is 2.34. The van der Waals surface area contributed by atoms with Gasteiger partial charge in [0.05, 0.1) is 18.6 Å². The summed E-state index contributed by atoms with van der Waals surface area (Å²) in [6.07, 6.45) is 3.42. The highest BCUT2D eigenvalue weighted by molar-refractivity contribution is 5.80. The Hall–Kier alpha value is -0.610. The molecular weight excluding hydrogens is 204 g/mol. The van der Waals surface area contributed by atoms with Crippen molar-refractivity contribution in [2.45, 2.75) is 44.3 Å². The van der Waals surface area contributed by atoms with Crippen molar-refractivity contribution in [2.24, 2.45) is 5.92 Å². The number of likely N-dealkylation sites (N-methyl/N-ethyl adjacent to an activating group) is 1. The number of fused-ring (bicyclic) bond motifs is 2. The molecule has 0 aromatic rings. The Kier molecular flexibility index (Phi) is 3.50.